The van der Waals surface area contributed by atoms with E-state index in [0.29, 0.717) is 26.1 Å². The van der Waals surface area contributed by atoms with E-state index >= 15 is 0 Å². The van der Waals surface area contributed by atoms with Crippen LogP contribution in [0.15, 0.2) is 54.6 Å². The second kappa shape index (κ2) is 12.9. The molecule has 0 fully saturated rings. The molecule has 0 saturated heterocycles. The number of amides is 2. The minimum atomic E-state index is -0.723. The van der Waals surface area contributed by atoms with Crippen LogP contribution in [-0.4, -0.2) is 43.1 Å². The number of rotatable bonds is 12. The van der Waals surface area contributed by atoms with Gasteiger partial charge in [0.2, 0.25) is 11.8 Å². The van der Waals surface area contributed by atoms with E-state index in [2.05, 4.69) is 5.32 Å². The predicted molar refractivity (Wildman–Crippen MR) is 126 cm³/mol. The van der Waals surface area contributed by atoms with Crippen molar-refractivity contribution < 1.29 is 19.1 Å². The van der Waals surface area contributed by atoms with Crippen molar-refractivity contribution in [2.75, 3.05) is 20.3 Å². The van der Waals surface area contributed by atoms with E-state index in [1.54, 1.807) is 12.0 Å². The topological polar surface area (TPSA) is 67.9 Å². The van der Waals surface area contributed by atoms with E-state index in [0.717, 1.165) is 16.9 Å². The number of nitrogens with zero attached hydrogens (tertiary/aromatic N) is 1. The van der Waals surface area contributed by atoms with E-state index < -0.39 is 6.04 Å². The molecule has 0 unspecified atom stereocenters. The number of ether oxygens (including phenoxy) is 2. The van der Waals surface area contributed by atoms with Gasteiger partial charge >= 0.3 is 0 Å². The van der Waals surface area contributed by atoms with Crippen LogP contribution in [0.25, 0.3) is 0 Å². The molecule has 0 bridgehead atoms. The Balaban J connectivity index is 2.27. The summed E-state index contributed by atoms with van der Waals surface area (Å²) in [5, 5.41) is 3.00. The van der Waals surface area contributed by atoms with Crippen LogP contribution in [-0.2, 0) is 20.9 Å². The fourth-order valence-corrected chi connectivity index (χ4v) is 3.36. The summed E-state index contributed by atoms with van der Waals surface area (Å²) in [6, 6.07) is 16.3. The van der Waals surface area contributed by atoms with E-state index in [1.807, 2.05) is 82.3 Å². The number of hydrogen-bond donors (Lipinski definition) is 1. The van der Waals surface area contributed by atoms with Crippen LogP contribution in [0.2, 0.25) is 0 Å². The lowest BCUT2D eigenvalue weighted by atomic mass is 10.0. The summed E-state index contributed by atoms with van der Waals surface area (Å²) >= 11 is 0. The van der Waals surface area contributed by atoms with Gasteiger partial charge in [-0.15, -0.1) is 0 Å². The third kappa shape index (κ3) is 7.68. The van der Waals surface area contributed by atoms with Crippen molar-refractivity contribution in [2.24, 2.45) is 5.92 Å². The average molecular weight is 441 g/mol. The first-order chi connectivity index (χ1) is 15.3. The molecule has 0 radical (unpaired) electrons. The zero-order chi connectivity index (χ0) is 23.5. The number of carbonyl (C=O) groups excluding carboxylic acids is 2. The number of carbonyl (C=O) groups is 2. The van der Waals surface area contributed by atoms with Gasteiger partial charge in [-0.25, -0.2) is 0 Å². The van der Waals surface area contributed by atoms with Crippen molar-refractivity contribution in [3.63, 3.8) is 0 Å². The van der Waals surface area contributed by atoms with Crippen molar-refractivity contribution in [3.8, 4) is 5.75 Å². The Morgan fingerprint density at radius 1 is 0.969 bits per heavy atom. The fraction of sp³-hybridized carbons (Fsp3) is 0.462. The zero-order valence-corrected chi connectivity index (χ0v) is 19.8. The molecule has 0 saturated carbocycles. The van der Waals surface area contributed by atoms with Crippen molar-refractivity contribution in [2.45, 2.75) is 52.8 Å². The maximum Gasteiger partial charge on any atom is 0.247 e. The van der Waals surface area contributed by atoms with Gasteiger partial charge in [0.1, 0.15) is 11.8 Å². The second-order valence-electron chi connectivity index (χ2n) is 8.35. The number of methoxy groups -OCH3 is 1. The van der Waals surface area contributed by atoms with Crippen molar-refractivity contribution in [1.82, 2.24) is 10.2 Å². The SMILES string of the molecule is COc1ccc(CN(C(=O)C(C)C)[C@H](C(=O)NCCCOC(C)C)c2ccccc2)cc1. The quantitative estimate of drug-likeness (QED) is 0.498. The third-order valence-electron chi connectivity index (χ3n) is 5.04. The molecule has 0 spiro atoms. The molecule has 0 heterocycles. The minimum absolute atomic E-state index is 0.0760. The van der Waals surface area contributed by atoms with E-state index in [-0.39, 0.29) is 23.8 Å². The Morgan fingerprint density at radius 3 is 2.19 bits per heavy atom. The second-order valence-corrected chi connectivity index (χ2v) is 8.35. The molecule has 6 heteroatoms. The summed E-state index contributed by atoms with van der Waals surface area (Å²) in [7, 11) is 1.62. The van der Waals surface area contributed by atoms with Crippen LogP contribution in [0, 0.1) is 5.92 Å². The van der Waals surface area contributed by atoms with Gasteiger partial charge in [-0.3, -0.25) is 9.59 Å². The molecule has 174 valence electrons. The molecule has 2 aromatic carbocycles. The maximum atomic E-state index is 13.3. The largest absolute Gasteiger partial charge is 0.497 e. The highest BCUT2D eigenvalue weighted by atomic mass is 16.5. The third-order valence-corrected chi connectivity index (χ3v) is 5.04. The van der Waals surface area contributed by atoms with Gasteiger partial charge in [0.05, 0.1) is 13.2 Å². The molecular formula is C26H36N2O4. The van der Waals surface area contributed by atoms with Crippen LogP contribution < -0.4 is 10.1 Å². The molecule has 1 N–H and O–H groups in total. The zero-order valence-electron chi connectivity index (χ0n) is 19.8. The van der Waals surface area contributed by atoms with Crippen LogP contribution in [0.5, 0.6) is 5.75 Å². The minimum Gasteiger partial charge on any atom is -0.497 e. The highest BCUT2D eigenvalue weighted by Crippen LogP contribution is 2.26. The first-order valence-electron chi connectivity index (χ1n) is 11.2. The summed E-state index contributed by atoms with van der Waals surface area (Å²) in [5.41, 5.74) is 1.71. The molecule has 0 aliphatic heterocycles. The van der Waals surface area contributed by atoms with Gasteiger partial charge in [-0.1, -0.05) is 56.3 Å². The van der Waals surface area contributed by atoms with Crippen LogP contribution in [0.1, 0.15) is 51.3 Å². The normalized spacial score (nSPS) is 12.0. The van der Waals surface area contributed by atoms with E-state index in [4.69, 9.17) is 9.47 Å². The number of hydrogen-bond acceptors (Lipinski definition) is 4. The molecule has 2 rings (SSSR count). The first-order valence-corrected chi connectivity index (χ1v) is 11.2. The van der Waals surface area contributed by atoms with Crippen LogP contribution in [0.4, 0.5) is 0 Å². The van der Waals surface area contributed by atoms with Crippen molar-refractivity contribution in [3.05, 3.63) is 65.7 Å². The molecular weight excluding hydrogens is 404 g/mol. The molecule has 0 aliphatic carbocycles. The Morgan fingerprint density at radius 2 is 1.62 bits per heavy atom. The smallest absolute Gasteiger partial charge is 0.247 e. The van der Waals surface area contributed by atoms with Crippen molar-refractivity contribution >= 4 is 11.8 Å². The molecule has 0 aromatic heterocycles. The van der Waals surface area contributed by atoms with Gasteiger partial charge in [0.15, 0.2) is 0 Å². The van der Waals surface area contributed by atoms with E-state index in [1.165, 1.54) is 0 Å². The maximum absolute atomic E-state index is 13.3. The van der Waals surface area contributed by atoms with Crippen molar-refractivity contribution in [1.29, 1.82) is 0 Å². The predicted octanol–water partition coefficient (Wildman–Crippen LogP) is 4.35. The van der Waals surface area contributed by atoms with Crippen LogP contribution >= 0.6 is 0 Å². The van der Waals surface area contributed by atoms with E-state index in [9.17, 15) is 9.59 Å². The standard InChI is InChI=1S/C26H36N2O4/c1-19(2)26(30)28(18-21-12-14-23(31-5)15-13-21)24(22-10-7-6-8-11-22)25(29)27-16-9-17-32-20(3)4/h6-8,10-15,19-20,24H,9,16-18H2,1-5H3,(H,27,29)/t24-/m0/s1. The molecule has 6 nitrogen and oxygen atoms in total. The molecule has 32 heavy (non-hydrogen) atoms. The highest BCUT2D eigenvalue weighted by molar-refractivity contribution is 5.89. The Hall–Kier alpha value is -2.86. The molecule has 0 aliphatic rings. The van der Waals surface area contributed by atoms with Gasteiger partial charge in [0, 0.05) is 25.6 Å². The summed E-state index contributed by atoms with van der Waals surface area (Å²) in [5.74, 6) is 0.236. The lowest BCUT2D eigenvalue weighted by Gasteiger charge is -2.33. The number of benzene rings is 2. The molecule has 2 aromatic rings. The first kappa shape index (κ1) is 25.4. The van der Waals surface area contributed by atoms with Gasteiger partial charge in [-0.05, 0) is 43.5 Å². The average Bonchev–Trinajstić information content (AvgIpc) is 2.78. The highest BCUT2D eigenvalue weighted by Gasteiger charge is 2.32. The number of nitrogens with one attached hydrogen (secondary N) is 1. The molecule has 1 atom stereocenters. The summed E-state index contributed by atoms with van der Waals surface area (Å²) < 4.78 is 10.8. The summed E-state index contributed by atoms with van der Waals surface area (Å²) in [6.07, 6.45) is 0.869. The van der Waals surface area contributed by atoms with Gasteiger partial charge < -0.3 is 19.7 Å². The lowest BCUT2D eigenvalue weighted by molar-refractivity contribution is -0.144. The fourth-order valence-electron chi connectivity index (χ4n) is 3.36. The van der Waals surface area contributed by atoms with Gasteiger partial charge in [-0.2, -0.15) is 0 Å². The monoisotopic (exact) mass is 440 g/mol. The Labute approximate surface area is 191 Å². The Kier molecular flexibility index (Phi) is 10.2. The van der Waals surface area contributed by atoms with Crippen LogP contribution in [0.3, 0.4) is 0 Å². The molecule has 2 amide bonds. The summed E-state index contributed by atoms with van der Waals surface area (Å²) in [4.78, 5) is 28.2. The summed E-state index contributed by atoms with van der Waals surface area (Å²) in [6.45, 7) is 9.07. The van der Waals surface area contributed by atoms with Gasteiger partial charge in [0.25, 0.3) is 0 Å². The Bertz CT molecular complexity index is 835. The lowest BCUT2D eigenvalue weighted by Crippen LogP contribution is -2.45.